The third-order valence-electron chi connectivity index (χ3n) is 7.73. The van der Waals surface area contributed by atoms with Crippen LogP contribution in [0.15, 0.2) is 95.9 Å². The summed E-state index contributed by atoms with van der Waals surface area (Å²) in [5.74, 6) is -2.10. The number of nitrogens with zero attached hydrogens (tertiary/aromatic N) is 8. The van der Waals surface area contributed by atoms with E-state index in [0.717, 1.165) is 28.4 Å². The summed E-state index contributed by atoms with van der Waals surface area (Å²) >= 11 is 6.43. The maximum Gasteiger partial charge on any atom is 0.413 e. The van der Waals surface area contributed by atoms with Gasteiger partial charge in [-0.15, -0.1) is 10.2 Å². The van der Waals surface area contributed by atoms with Crippen LogP contribution in [-0.4, -0.2) is 90.7 Å². The van der Waals surface area contributed by atoms with Crippen molar-refractivity contribution in [1.82, 2.24) is 39.3 Å². The van der Waals surface area contributed by atoms with Crippen molar-refractivity contribution in [3.05, 3.63) is 118 Å². The Hall–Kier alpha value is -6.42. The van der Waals surface area contributed by atoms with Crippen LogP contribution in [0.25, 0.3) is 21.7 Å². The summed E-state index contributed by atoms with van der Waals surface area (Å²) in [5, 5.41) is 31.0. The highest BCUT2D eigenvalue weighted by molar-refractivity contribution is 7.91. The molecule has 0 aliphatic rings. The summed E-state index contributed by atoms with van der Waals surface area (Å²) in [5.41, 5.74) is 1.31. The van der Waals surface area contributed by atoms with Gasteiger partial charge in [0.15, 0.2) is 28.1 Å². The first kappa shape index (κ1) is 38.3. The molecule has 282 valence electrons. The van der Waals surface area contributed by atoms with Gasteiger partial charge in [-0.3, -0.25) is 25.0 Å². The molecule has 6 aromatic rings. The first-order valence-corrected chi connectivity index (χ1v) is 18.6. The van der Waals surface area contributed by atoms with E-state index < -0.39 is 68.7 Å². The van der Waals surface area contributed by atoms with Gasteiger partial charge in [-0.25, -0.2) is 32.9 Å². The van der Waals surface area contributed by atoms with Gasteiger partial charge < -0.3 is 19.3 Å². The van der Waals surface area contributed by atoms with Crippen molar-refractivity contribution in [2.75, 3.05) is 25.0 Å². The van der Waals surface area contributed by atoms with Crippen LogP contribution in [0.1, 0.15) is 17.2 Å². The largest absolute Gasteiger partial charge is 0.480 e. The van der Waals surface area contributed by atoms with E-state index in [9.17, 15) is 38.0 Å². The summed E-state index contributed by atoms with van der Waals surface area (Å²) in [6, 6.07) is 22.1. The first-order chi connectivity index (χ1) is 26.4. The Morgan fingerprint density at radius 2 is 1.69 bits per heavy atom. The minimum absolute atomic E-state index is 0.00599. The SMILES string of the molecule is O=C(O)CN(CCNS(=O)(=O)c1nnc(-c2ccc(Cl)cc2[N+](=O)[O-])s1)C(=O)Cn1cnc2c(NC(=O)OC(c3ccccc3)c3ccccc3)ncnc21. The minimum Gasteiger partial charge on any atom is -0.480 e. The molecular formula is C33H27ClN10O9S2. The van der Waals surface area contributed by atoms with E-state index in [4.69, 9.17) is 16.3 Å². The van der Waals surface area contributed by atoms with Crippen LogP contribution in [-0.2, 0) is 30.9 Å². The Morgan fingerprint density at radius 1 is 1.00 bits per heavy atom. The number of ether oxygens (including phenoxy) is 1. The van der Waals surface area contributed by atoms with Gasteiger partial charge >= 0.3 is 12.1 Å². The number of anilines is 1. The van der Waals surface area contributed by atoms with E-state index in [2.05, 4.69) is 35.2 Å². The van der Waals surface area contributed by atoms with Gasteiger partial charge in [0.05, 0.1) is 16.8 Å². The molecule has 0 spiro atoms. The van der Waals surface area contributed by atoms with Gasteiger partial charge in [0.1, 0.15) is 19.4 Å². The van der Waals surface area contributed by atoms with Gasteiger partial charge in [-0.2, -0.15) is 0 Å². The molecule has 3 heterocycles. The van der Waals surface area contributed by atoms with E-state index >= 15 is 0 Å². The molecule has 0 aliphatic carbocycles. The number of carboxylic acid groups (broad SMARTS) is 1. The van der Waals surface area contributed by atoms with Gasteiger partial charge in [-0.05, 0) is 23.3 Å². The van der Waals surface area contributed by atoms with Gasteiger partial charge in [0.25, 0.3) is 15.7 Å². The molecule has 0 saturated carbocycles. The maximum atomic E-state index is 13.4. The molecule has 22 heteroatoms. The lowest BCUT2D eigenvalue weighted by Crippen LogP contribution is -2.42. The molecule has 0 unspecified atom stereocenters. The topological polar surface area (TPSA) is 255 Å². The minimum atomic E-state index is -4.33. The predicted molar refractivity (Wildman–Crippen MR) is 197 cm³/mol. The van der Waals surface area contributed by atoms with Crippen molar-refractivity contribution in [3.8, 4) is 10.6 Å². The number of fused-ring (bicyclic) bond motifs is 1. The number of rotatable bonds is 15. The lowest BCUT2D eigenvalue weighted by Gasteiger charge is -2.21. The Labute approximate surface area is 319 Å². The highest BCUT2D eigenvalue weighted by Gasteiger charge is 2.26. The molecule has 19 nitrogen and oxygen atoms in total. The first-order valence-electron chi connectivity index (χ1n) is 15.9. The molecule has 6 rings (SSSR count). The number of aliphatic carboxylic acids is 1. The average molecular weight is 807 g/mol. The van der Waals surface area contributed by atoms with Crippen molar-refractivity contribution >= 4 is 73.6 Å². The van der Waals surface area contributed by atoms with Crippen LogP contribution in [0, 0.1) is 10.1 Å². The molecule has 0 bridgehead atoms. The van der Waals surface area contributed by atoms with E-state index in [1.165, 1.54) is 23.0 Å². The van der Waals surface area contributed by atoms with Crippen LogP contribution in [0.5, 0.6) is 0 Å². The molecule has 0 fully saturated rings. The molecular weight excluding hydrogens is 780 g/mol. The van der Waals surface area contributed by atoms with E-state index in [1.807, 2.05) is 60.7 Å². The zero-order valence-electron chi connectivity index (χ0n) is 28.1. The Kier molecular flexibility index (Phi) is 11.6. The molecule has 55 heavy (non-hydrogen) atoms. The number of halogens is 1. The maximum absolute atomic E-state index is 13.4. The number of nitro benzene ring substituents is 1. The molecule has 0 radical (unpaired) electrons. The Bertz CT molecular complexity index is 2450. The number of carboxylic acids is 1. The molecule has 3 aromatic carbocycles. The third kappa shape index (κ3) is 9.21. The summed E-state index contributed by atoms with van der Waals surface area (Å²) in [6.07, 6.45) is 0.813. The summed E-state index contributed by atoms with van der Waals surface area (Å²) in [7, 11) is -4.33. The van der Waals surface area contributed by atoms with Crippen molar-refractivity contribution in [1.29, 1.82) is 0 Å². The number of amides is 2. The number of hydrogen-bond donors (Lipinski definition) is 3. The van der Waals surface area contributed by atoms with E-state index in [1.54, 1.807) is 0 Å². The second-order valence-corrected chi connectivity index (χ2v) is 14.8. The predicted octanol–water partition coefficient (Wildman–Crippen LogP) is 4.14. The normalized spacial score (nSPS) is 11.4. The highest BCUT2D eigenvalue weighted by atomic mass is 35.5. The second-order valence-electron chi connectivity index (χ2n) is 11.4. The lowest BCUT2D eigenvalue weighted by atomic mass is 10.0. The fourth-order valence-corrected chi connectivity index (χ4v) is 7.51. The van der Waals surface area contributed by atoms with E-state index in [-0.39, 0.29) is 39.1 Å². The van der Waals surface area contributed by atoms with Crippen LogP contribution in [0.2, 0.25) is 5.02 Å². The van der Waals surface area contributed by atoms with Crippen LogP contribution in [0.4, 0.5) is 16.3 Å². The summed E-state index contributed by atoms with van der Waals surface area (Å²) in [6.45, 7) is -2.02. The molecule has 2 amide bonds. The number of hydrogen-bond acceptors (Lipinski definition) is 14. The zero-order chi connectivity index (χ0) is 39.1. The fraction of sp³-hybridized carbons (Fsp3) is 0.152. The van der Waals surface area contributed by atoms with Crippen molar-refractivity contribution in [2.45, 2.75) is 17.0 Å². The fourth-order valence-electron chi connectivity index (χ4n) is 5.25. The lowest BCUT2D eigenvalue weighted by molar-refractivity contribution is -0.384. The van der Waals surface area contributed by atoms with Gasteiger partial charge in [-0.1, -0.05) is 83.6 Å². The molecule has 0 aliphatic heterocycles. The standard InChI is InChI=1S/C33H27ClN10O9S2/c34-22-11-12-23(24(15-22)44(49)50)31-40-41-33(54-31)55(51,52)38-13-14-42(17-26(46)47)25(45)16-43-19-37-27-29(35-18-36-30(27)43)39-32(48)53-28(20-7-3-1-4-8-20)21-9-5-2-6-10-21/h1-12,15,18-19,28,38H,13-14,16-17H2,(H,46,47)(H,35,36,39,48). The molecule has 3 N–H and O–H groups in total. The number of nitro groups is 1. The molecule has 3 aromatic heterocycles. The molecule has 0 atom stereocenters. The average Bonchev–Trinajstić information content (AvgIpc) is 3.83. The van der Waals surface area contributed by atoms with Crippen LogP contribution >= 0.6 is 22.9 Å². The number of carbonyl (C=O) groups excluding carboxylic acids is 2. The smallest absolute Gasteiger partial charge is 0.413 e. The van der Waals surface area contributed by atoms with Crippen LogP contribution < -0.4 is 10.0 Å². The number of nitrogens with one attached hydrogen (secondary N) is 2. The summed E-state index contributed by atoms with van der Waals surface area (Å²) < 4.78 is 34.8. The van der Waals surface area contributed by atoms with Crippen molar-refractivity contribution < 1.29 is 37.6 Å². The number of benzene rings is 3. The number of aromatic nitrogens is 6. The van der Waals surface area contributed by atoms with Crippen LogP contribution in [0.3, 0.4) is 0 Å². The number of carbonyl (C=O) groups is 3. The van der Waals surface area contributed by atoms with E-state index in [0.29, 0.717) is 11.3 Å². The second kappa shape index (κ2) is 16.7. The Balaban J connectivity index is 1.11. The monoisotopic (exact) mass is 806 g/mol. The summed E-state index contributed by atoms with van der Waals surface area (Å²) in [4.78, 5) is 62.4. The quantitative estimate of drug-likeness (QED) is 0.0974. The zero-order valence-corrected chi connectivity index (χ0v) is 30.4. The Morgan fingerprint density at radius 3 is 2.35 bits per heavy atom. The van der Waals surface area contributed by atoms with Crippen molar-refractivity contribution in [3.63, 3.8) is 0 Å². The van der Waals surface area contributed by atoms with Gasteiger partial charge in [0, 0.05) is 24.2 Å². The molecule has 0 saturated heterocycles. The number of imidazole rings is 1. The number of sulfonamides is 1. The highest BCUT2D eigenvalue weighted by Crippen LogP contribution is 2.35. The third-order valence-corrected chi connectivity index (χ3v) is 10.8. The van der Waals surface area contributed by atoms with Gasteiger partial charge in [0.2, 0.25) is 10.2 Å². The van der Waals surface area contributed by atoms with Crippen molar-refractivity contribution in [2.24, 2.45) is 0 Å².